The monoisotopic (exact) mass is 393 g/mol. The Labute approximate surface area is 157 Å². The number of nitrogens with zero attached hydrogens (tertiary/aromatic N) is 3. The highest BCUT2D eigenvalue weighted by Crippen LogP contribution is 2.32. The molecule has 4 rings (SSSR count). The molecule has 0 atom stereocenters. The van der Waals surface area contributed by atoms with Crippen molar-refractivity contribution in [3.8, 4) is 11.3 Å². The molecule has 2 aliphatic heterocycles. The fraction of sp³-hybridized carbons (Fsp3) is 0.444. The summed E-state index contributed by atoms with van der Waals surface area (Å²) in [5.41, 5.74) is 1.50. The second kappa shape index (κ2) is 6.70. The zero-order chi connectivity index (χ0) is 18.3. The summed E-state index contributed by atoms with van der Waals surface area (Å²) >= 11 is 5.96. The molecule has 0 radical (unpaired) electrons. The van der Waals surface area contributed by atoms with Crippen LogP contribution in [0.25, 0.3) is 11.3 Å². The second-order valence-corrected chi connectivity index (χ2v) is 9.21. The Bertz CT molecular complexity index is 943. The van der Waals surface area contributed by atoms with Crippen LogP contribution in [0.1, 0.15) is 36.2 Å². The molecule has 2 aliphatic rings. The molecule has 1 aromatic heterocycles. The zero-order valence-corrected chi connectivity index (χ0v) is 15.9. The molecule has 0 bridgehead atoms. The van der Waals surface area contributed by atoms with Crippen LogP contribution in [0.5, 0.6) is 0 Å². The van der Waals surface area contributed by atoms with Crippen molar-refractivity contribution in [1.29, 1.82) is 0 Å². The van der Waals surface area contributed by atoms with E-state index in [9.17, 15) is 13.2 Å². The number of halogens is 1. The lowest BCUT2D eigenvalue weighted by atomic mass is 10.1. The summed E-state index contributed by atoms with van der Waals surface area (Å²) in [5.74, 6) is -0.135. The van der Waals surface area contributed by atoms with Crippen molar-refractivity contribution in [2.75, 3.05) is 18.8 Å². The van der Waals surface area contributed by atoms with Crippen LogP contribution in [0.15, 0.2) is 29.4 Å². The van der Waals surface area contributed by atoms with Gasteiger partial charge >= 0.3 is 0 Å². The van der Waals surface area contributed by atoms with Gasteiger partial charge in [-0.2, -0.15) is 0 Å². The number of carbonyl (C=O) groups is 1. The number of hydrogen-bond donors (Lipinski definition) is 0. The summed E-state index contributed by atoms with van der Waals surface area (Å²) in [6.45, 7) is 1.67. The quantitative estimate of drug-likeness (QED) is 0.786. The van der Waals surface area contributed by atoms with Gasteiger partial charge in [0.15, 0.2) is 0 Å². The maximum absolute atomic E-state index is 13.3. The predicted molar refractivity (Wildman–Crippen MR) is 99.1 cm³/mol. The summed E-state index contributed by atoms with van der Waals surface area (Å²) < 4.78 is 26.2. The first-order valence-electron chi connectivity index (χ1n) is 8.86. The molecule has 3 heterocycles. The SMILES string of the molecule is O=C(c1c(-c2ccc(Cl)cc2)nc2n1CCS2(=O)=O)N1CCCCCC1. The predicted octanol–water partition coefficient (Wildman–Crippen LogP) is 3.01. The molecule has 0 aliphatic carbocycles. The third-order valence-electron chi connectivity index (χ3n) is 5.01. The Morgan fingerprint density at radius 3 is 2.31 bits per heavy atom. The van der Waals surface area contributed by atoms with Crippen LogP contribution in [0.3, 0.4) is 0 Å². The molecule has 138 valence electrons. The van der Waals surface area contributed by atoms with E-state index in [0.717, 1.165) is 25.7 Å². The van der Waals surface area contributed by atoms with E-state index in [1.54, 1.807) is 28.8 Å². The van der Waals surface area contributed by atoms with E-state index in [1.165, 1.54) is 0 Å². The van der Waals surface area contributed by atoms with Crippen molar-refractivity contribution < 1.29 is 13.2 Å². The van der Waals surface area contributed by atoms with Gasteiger partial charge < -0.3 is 9.47 Å². The van der Waals surface area contributed by atoms with Gasteiger partial charge in [0, 0.05) is 30.2 Å². The van der Waals surface area contributed by atoms with E-state index >= 15 is 0 Å². The Morgan fingerprint density at radius 1 is 1.00 bits per heavy atom. The summed E-state index contributed by atoms with van der Waals surface area (Å²) in [5, 5.41) is 0.578. The largest absolute Gasteiger partial charge is 0.337 e. The molecular weight excluding hydrogens is 374 g/mol. The summed E-state index contributed by atoms with van der Waals surface area (Å²) in [6.07, 6.45) is 4.18. The lowest BCUT2D eigenvalue weighted by molar-refractivity contribution is 0.0751. The van der Waals surface area contributed by atoms with E-state index in [1.807, 2.05) is 4.90 Å². The van der Waals surface area contributed by atoms with Crippen molar-refractivity contribution in [2.45, 2.75) is 37.4 Å². The van der Waals surface area contributed by atoms with Gasteiger partial charge in [-0.15, -0.1) is 0 Å². The van der Waals surface area contributed by atoms with Crippen molar-refractivity contribution in [3.05, 3.63) is 35.0 Å². The number of amides is 1. The number of rotatable bonds is 2. The Balaban J connectivity index is 1.84. The first-order chi connectivity index (χ1) is 12.5. The van der Waals surface area contributed by atoms with Crippen LogP contribution in [0, 0.1) is 0 Å². The number of carbonyl (C=O) groups excluding carboxylic acids is 1. The summed E-state index contributed by atoms with van der Waals surface area (Å²) in [7, 11) is -3.44. The van der Waals surface area contributed by atoms with Crippen LogP contribution in [0.4, 0.5) is 0 Å². The van der Waals surface area contributed by atoms with Gasteiger partial charge in [-0.3, -0.25) is 4.79 Å². The van der Waals surface area contributed by atoms with Crippen molar-refractivity contribution >= 4 is 27.3 Å². The van der Waals surface area contributed by atoms with Crippen LogP contribution in [0.2, 0.25) is 5.02 Å². The molecule has 2 aromatic rings. The fourth-order valence-corrected chi connectivity index (χ4v) is 5.11. The lowest BCUT2D eigenvalue weighted by Gasteiger charge is -2.21. The standard InChI is InChI=1S/C18H20ClN3O3S/c19-14-7-5-13(6-8-14)15-16(17(23)21-9-3-1-2-4-10-21)22-11-12-26(24,25)18(22)20-15/h5-8H,1-4,9-12H2. The zero-order valence-electron chi connectivity index (χ0n) is 14.3. The second-order valence-electron chi connectivity index (χ2n) is 6.78. The Morgan fingerprint density at radius 2 is 1.65 bits per heavy atom. The minimum Gasteiger partial charge on any atom is -0.337 e. The molecule has 1 amide bonds. The first kappa shape index (κ1) is 17.5. The van der Waals surface area contributed by atoms with Gasteiger partial charge in [0.25, 0.3) is 5.91 Å². The molecule has 1 fully saturated rings. The molecule has 0 saturated carbocycles. The van der Waals surface area contributed by atoms with E-state index < -0.39 is 9.84 Å². The fourth-order valence-electron chi connectivity index (χ4n) is 3.63. The highest BCUT2D eigenvalue weighted by atomic mass is 35.5. The maximum atomic E-state index is 13.3. The highest BCUT2D eigenvalue weighted by molar-refractivity contribution is 7.91. The van der Waals surface area contributed by atoms with Gasteiger partial charge in [0.1, 0.15) is 11.4 Å². The minimum absolute atomic E-state index is 0.000576. The van der Waals surface area contributed by atoms with Crippen molar-refractivity contribution in [3.63, 3.8) is 0 Å². The summed E-state index contributed by atoms with van der Waals surface area (Å²) in [6, 6.07) is 6.98. The van der Waals surface area contributed by atoms with E-state index in [2.05, 4.69) is 4.98 Å². The highest BCUT2D eigenvalue weighted by Gasteiger charge is 2.36. The topological polar surface area (TPSA) is 72.3 Å². The number of imidazole rings is 1. The molecule has 0 spiro atoms. The Hall–Kier alpha value is -1.86. The molecular formula is C18H20ClN3O3S. The van der Waals surface area contributed by atoms with Gasteiger partial charge in [0.05, 0.1) is 5.75 Å². The van der Waals surface area contributed by atoms with E-state index in [0.29, 0.717) is 35.1 Å². The van der Waals surface area contributed by atoms with Crippen LogP contribution in [-0.2, 0) is 16.4 Å². The minimum atomic E-state index is -3.44. The Kier molecular flexibility index (Phi) is 4.52. The third-order valence-corrected chi connectivity index (χ3v) is 6.85. The number of hydrogen-bond acceptors (Lipinski definition) is 4. The molecule has 8 heteroatoms. The molecule has 6 nitrogen and oxygen atoms in total. The van der Waals surface area contributed by atoms with Gasteiger partial charge in [-0.25, -0.2) is 13.4 Å². The lowest BCUT2D eigenvalue weighted by Crippen LogP contribution is -2.33. The third kappa shape index (κ3) is 3.03. The molecule has 26 heavy (non-hydrogen) atoms. The van der Waals surface area contributed by atoms with E-state index in [4.69, 9.17) is 11.6 Å². The smallest absolute Gasteiger partial charge is 0.272 e. The summed E-state index contributed by atoms with van der Waals surface area (Å²) in [4.78, 5) is 19.5. The number of sulfone groups is 1. The molecule has 1 saturated heterocycles. The van der Waals surface area contributed by atoms with E-state index in [-0.39, 0.29) is 23.4 Å². The number of aromatic nitrogens is 2. The van der Waals surface area contributed by atoms with Gasteiger partial charge in [0.2, 0.25) is 15.0 Å². The normalized spacial score (nSPS) is 19.2. The number of fused-ring (bicyclic) bond motifs is 1. The van der Waals surface area contributed by atoms with Crippen LogP contribution < -0.4 is 0 Å². The maximum Gasteiger partial charge on any atom is 0.272 e. The van der Waals surface area contributed by atoms with Crippen molar-refractivity contribution in [1.82, 2.24) is 14.5 Å². The van der Waals surface area contributed by atoms with Gasteiger partial charge in [-0.1, -0.05) is 36.6 Å². The molecule has 0 N–H and O–H groups in total. The molecule has 1 aromatic carbocycles. The van der Waals surface area contributed by atoms with Gasteiger partial charge in [-0.05, 0) is 25.0 Å². The number of benzene rings is 1. The van der Waals surface area contributed by atoms with Crippen molar-refractivity contribution in [2.24, 2.45) is 0 Å². The number of likely N-dealkylation sites (tertiary alicyclic amines) is 1. The van der Waals surface area contributed by atoms with Crippen LogP contribution >= 0.6 is 11.6 Å². The molecule has 0 unspecified atom stereocenters. The van der Waals surface area contributed by atoms with Crippen LogP contribution in [-0.4, -0.2) is 47.6 Å². The average Bonchev–Trinajstić information content (AvgIpc) is 2.99. The first-order valence-corrected chi connectivity index (χ1v) is 10.9. The average molecular weight is 394 g/mol.